The summed E-state index contributed by atoms with van der Waals surface area (Å²) in [6, 6.07) is 18.6. The minimum atomic E-state index is -0.159. The Hall–Kier alpha value is -3.85. The van der Waals surface area contributed by atoms with E-state index in [0.717, 1.165) is 5.56 Å². The third-order valence-corrected chi connectivity index (χ3v) is 6.49. The zero-order chi connectivity index (χ0) is 22.9. The van der Waals surface area contributed by atoms with Crippen LogP contribution >= 0.6 is 11.8 Å². The summed E-state index contributed by atoms with van der Waals surface area (Å²) < 4.78 is 10.7. The van der Waals surface area contributed by atoms with E-state index in [2.05, 4.69) is 10.2 Å². The summed E-state index contributed by atoms with van der Waals surface area (Å²) in [4.78, 5) is 26.1. The molecule has 0 aliphatic heterocycles. The highest BCUT2D eigenvalue weighted by Gasteiger charge is 2.19. The zero-order valence-corrected chi connectivity index (χ0v) is 19.0. The van der Waals surface area contributed by atoms with Crippen molar-refractivity contribution in [3.63, 3.8) is 0 Å². The predicted molar refractivity (Wildman–Crippen MR) is 127 cm³/mol. The standard InChI is InChI=1S/C24H21N5O3S/c1-27-13-7-11-19(27)20(30)15-33-24-26-25-23-28(14-16-8-3-6-12-21(16)32-2)22(31)17-9-4-5-10-18(17)29(23)24/h3-13H,14-15H2,1-2H3. The molecule has 5 aromatic rings. The van der Waals surface area contributed by atoms with Gasteiger partial charge in [-0.3, -0.25) is 18.6 Å². The highest BCUT2D eigenvalue weighted by molar-refractivity contribution is 7.99. The lowest BCUT2D eigenvalue weighted by atomic mass is 10.2. The van der Waals surface area contributed by atoms with E-state index in [1.54, 1.807) is 28.4 Å². The fourth-order valence-corrected chi connectivity index (χ4v) is 4.74. The topological polar surface area (TPSA) is 83.4 Å². The lowest BCUT2D eigenvalue weighted by molar-refractivity contribution is 0.101. The molecule has 9 heteroatoms. The first-order valence-electron chi connectivity index (χ1n) is 10.3. The number of hydrogen-bond acceptors (Lipinski definition) is 6. The van der Waals surface area contributed by atoms with E-state index in [4.69, 9.17) is 4.74 Å². The number of hydrogen-bond donors (Lipinski definition) is 0. The Morgan fingerprint density at radius 3 is 2.61 bits per heavy atom. The maximum Gasteiger partial charge on any atom is 0.263 e. The Balaban J connectivity index is 1.61. The van der Waals surface area contributed by atoms with Crippen LogP contribution in [0.25, 0.3) is 16.7 Å². The quantitative estimate of drug-likeness (QED) is 0.274. The number of aryl methyl sites for hydroxylation is 1. The number of nitrogens with zero attached hydrogens (tertiary/aromatic N) is 5. The Labute approximate surface area is 193 Å². The van der Waals surface area contributed by atoms with Gasteiger partial charge >= 0.3 is 0 Å². The number of methoxy groups -OCH3 is 1. The van der Waals surface area contributed by atoms with Crippen molar-refractivity contribution in [1.82, 2.24) is 23.7 Å². The van der Waals surface area contributed by atoms with E-state index in [1.165, 1.54) is 11.8 Å². The third kappa shape index (κ3) is 3.70. The van der Waals surface area contributed by atoms with E-state index in [1.807, 2.05) is 66.2 Å². The molecule has 0 saturated carbocycles. The first-order chi connectivity index (χ1) is 16.1. The first kappa shape index (κ1) is 21.0. The highest BCUT2D eigenvalue weighted by atomic mass is 32.2. The Morgan fingerprint density at radius 2 is 1.82 bits per heavy atom. The molecule has 0 bridgehead atoms. The molecule has 0 N–H and O–H groups in total. The molecule has 0 saturated heterocycles. The summed E-state index contributed by atoms with van der Waals surface area (Å²) in [5, 5.41) is 9.77. The summed E-state index contributed by atoms with van der Waals surface area (Å²) in [5.74, 6) is 1.31. The average Bonchev–Trinajstić information content (AvgIpc) is 3.47. The summed E-state index contributed by atoms with van der Waals surface area (Å²) in [6.07, 6.45) is 1.84. The number of para-hydroxylation sites is 2. The number of carbonyl (C=O) groups excluding carboxylic acids is 1. The smallest absolute Gasteiger partial charge is 0.263 e. The molecular weight excluding hydrogens is 438 g/mol. The number of carbonyl (C=O) groups is 1. The van der Waals surface area contributed by atoms with Gasteiger partial charge in [0.15, 0.2) is 10.9 Å². The van der Waals surface area contributed by atoms with Crippen molar-refractivity contribution in [1.29, 1.82) is 0 Å². The Morgan fingerprint density at radius 1 is 1.03 bits per heavy atom. The first-order valence-corrected chi connectivity index (χ1v) is 11.3. The number of ketones is 1. The van der Waals surface area contributed by atoms with Crippen LogP contribution in [0.5, 0.6) is 5.75 Å². The summed E-state index contributed by atoms with van der Waals surface area (Å²) in [7, 11) is 3.45. The van der Waals surface area contributed by atoms with Gasteiger partial charge in [0, 0.05) is 18.8 Å². The van der Waals surface area contributed by atoms with Crippen LogP contribution < -0.4 is 10.3 Å². The molecule has 0 spiro atoms. The summed E-state index contributed by atoms with van der Waals surface area (Å²) >= 11 is 1.30. The van der Waals surface area contributed by atoms with E-state index < -0.39 is 0 Å². The molecule has 5 rings (SSSR count). The van der Waals surface area contributed by atoms with Crippen molar-refractivity contribution in [2.24, 2.45) is 7.05 Å². The van der Waals surface area contributed by atoms with Crippen LogP contribution in [0, 0.1) is 0 Å². The Kier molecular flexibility index (Phi) is 5.47. The molecule has 0 aliphatic carbocycles. The second kappa shape index (κ2) is 8.59. The molecule has 2 aromatic carbocycles. The predicted octanol–water partition coefficient (Wildman–Crippen LogP) is 3.41. The maximum atomic E-state index is 13.4. The SMILES string of the molecule is COc1ccccc1Cn1c(=O)c2ccccc2n2c(SCC(=O)c3cccn3C)nnc12. The van der Waals surface area contributed by atoms with Crippen LogP contribution in [0.15, 0.2) is 76.8 Å². The van der Waals surface area contributed by atoms with Crippen molar-refractivity contribution in [3.8, 4) is 5.75 Å². The van der Waals surface area contributed by atoms with E-state index in [-0.39, 0.29) is 23.6 Å². The van der Waals surface area contributed by atoms with Gasteiger partial charge in [0.1, 0.15) is 5.75 Å². The number of fused-ring (bicyclic) bond motifs is 3. The number of ether oxygens (including phenoxy) is 1. The number of aromatic nitrogens is 5. The fourth-order valence-electron chi connectivity index (χ4n) is 3.93. The summed E-state index contributed by atoms with van der Waals surface area (Å²) in [5.41, 5.74) is 2.03. The van der Waals surface area contributed by atoms with Gasteiger partial charge < -0.3 is 9.30 Å². The molecule has 0 atom stereocenters. The van der Waals surface area contributed by atoms with Crippen molar-refractivity contribution < 1.29 is 9.53 Å². The molecular formula is C24H21N5O3S. The van der Waals surface area contributed by atoms with Gasteiger partial charge in [0.2, 0.25) is 5.78 Å². The molecule has 0 fully saturated rings. The van der Waals surface area contributed by atoms with Crippen LogP contribution in [-0.4, -0.2) is 42.4 Å². The number of Topliss-reactive ketones (excluding diaryl/α,β-unsaturated/α-hetero) is 1. The number of thioether (sulfide) groups is 1. The van der Waals surface area contributed by atoms with Gasteiger partial charge in [-0.15, -0.1) is 10.2 Å². The van der Waals surface area contributed by atoms with E-state index in [0.29, 0.717) is 33.3 Å². The van der Waals surface area contributed by atoms with Crippen molar-refractivity contribution in [2.45, 2.75) is 11.7 Å². The largest absolute Gasteiger partial charge is 0.496 e. The maximum absolute atomic E-state index is 13.4. The zero-order valence-electron chi connectivity index (χ0n) is 18.1. The lowest BCUT2D eigenvalue weighted by Crippen LogP contribution is -2.24. The molecule has 33 heavy (non-hydrogen) atoms. The molecule has 166 valence electrons. The van der Waals surface area contributed by atoms with E-state index in [9.17, 15) is 9.59 Å². The monoisotopic (exact) mass is 459 g/mol. The van der Waals surface area contributed by atoms with Crippen molar-refractivity contribution in [2.75, 3.05) is 12.9 Å². The van der Waals surface area contributed by atoms with Crippen LogP contribution in [0.3, 0.4) is 0 Å². The molecule has 0 unspecified atom stereocenters. The molecule has 0 radical (unpaired) electrons. The molecule has 3 heterocycles. The number of benzene rings is 2. The molecule has 0 amide bonds. The van der Waals surface area contributed by atoms with Gasteiger partial charge in [0.05, 0.1) is 36.0 Å². The fraction of sp³-hybridized carbons (Fsp3) is 0.167. The van der Waals surface area contributed by atoms with Crippen LogP contribution in [0.1, 0.15) is 16.1 Å². The minimum absolute atomic E-state index is 0.00380. The van der Waals surface area contributed by atoms with Gasteiger partial charge in [-0.25, -0.2) is 0 Å². The van der Waals surface area contributed by atoms with Crippen molar-refractivity contribution in [3.05, 3.63) is 88.5 Å². The van der Waals surface area contributed by atoms with Gasteiger partial charge in [-0.2, -0.15) is 0 Å². The molecule has 0 aliphatic rings. The second-order valence-corrected chi connectivity index (χ2v) is 8.50. The normalized spacial score (nSPS) is 11.3. The van der Waals surface area contributed by atoms with Crippen LogP contribution in [-0.2, 0) is 13.6 Å². The van der Waals surface area contributed by atoms with Gasteiger partial charge in [-0.05, 0) is 30.3 Å². The van der Waals surface area contributed by atoms with Gasteiger partial charge in [-0.1, -0.05) is 42.1 Å². The second-order valence-electron chi connectivity index (χ2n) is 7.55. The average molecular weight is 460 g/mol. The van der Waals surface area contributed by atoms with E-state index >= 15 is 0 Å². The van der Waals surface area contributed by atoms with Crippen LogP contribution in [0.4, 0.5) is 0 Å². The summed E-state index contributed by atoms with van der Waals surface area (Å²) in [6.45, 7) is 0.280. The van der Waals surface area contributed by atoms with Crippen LogP contribution in [0.2, 0.25) is 0 Å². The number of rotatable bonds is 7. The van der Waals surface area contributed by atoms with Gasteiger partial charge in [0.25, 0.3) is 5.56 Å². The lowest BCUT2D eigenvalue weighted by Gasteiger charge is -2.13. The highest BCUT2D eigenvalue weighted by Crippen LogP contribution is 2.24. The third-order valence-electron chi connectivity index (χ3n) is 5.56. The minimum Gasteiger partial charge on any atom is -0.496 e. The molecule has 3 aromatic heterocycles. The Bertz CT molecular complexity index is 1550. The van der Waals surface area contributed by atoms with Crippen molar-refractivity contribution >= 4 is 34.2 Å². The molecule has 8 nitrogen and oxygen atoms in total.